The summed E-state index contributed by atoms with van der Waals surface area (Å²) in [5.74, 6) is 0.0488. The fourth-order valence-corrected chi connectivity index (χ4v) is 0.972. The van der Waals surface area contributed by atoms with Gasteiger partial charge in [-0.2, -0.15) is 0 Å². The van der Waals surface area contributed by atoms with E-state index in [0.717, 1.165) is 11.8 Å². The van der Waals surface area contributed by atoms with Crippen LogP contribution in [0.1, 0.15) is 22.8 Å². The smallest absolute Gasteiger partial charge is 0.159 e. The fraction of sp³-hybridized carbons (Fsp3) is 0.200. The van der Waals surface area contributed by atoms with Gasteiger partial charge in [0.15, 0.2) is 5.78 Å². The number of Topliss-reactive ketones (excluding diaryl/α,β-unsaturated/α-hetero) is 1. The first-order valence-corrected chi connectivity index (χ1v) is 3.77. The Labute approximate surface area is 71.2 Å². The highest BCUT2D eigenvalue weighted by atomic mass is 16.1. The molecule has 0 fully saturated rings. The van der Waals surface area contributed by atoms with Crippen LogP contribution in [-0.4, -0.2) is 12.1 Å². The number of hydrogen-bond acceptors (Lipinski definition) is 2. The predicted molar refractivity (Wildman–Crippen MR) is 46.2 cm³/mol. The van der Waals surface area contributed by atoms with E-state index in [-0.39, 0.29) is 5.78 Å². The van der Waals surface area contributed by atoms with E-state index in [4.69, 9.17) is 0 Å². The molecule has 12 heavy (non-hydrogen) atoms. The molecule has 0 aromatic heterocycles. The summed E-state index contributed by atoms with van der Waals surface area (Å²) >= 11 is 0. The van der Waals surface area contributed by atoms with Crippen LogP contribution in [0.15, 0.2) is 24.3 Å². The van der Waals surface area contributed by atoms with Crippen LogP contribution in [0, 0.1) is 0 Å². The SMILES string of the molecule is CC(=O)c1ccc(CC=O)cc1. The van der Waals surface area contributed by atoms with Gasteiger partial charge in [-0.25, -0.2) is 0 Å². The predicted octanol–water partition coefficient (Wildman–Crippen LogP) is 1.63. The van der Waals surface area contributed by atoms with Crippen LogP contribution < -0.4 is 0 Å². The van der Waals surface area contributed by atoms with Gasteiger partial charge in [-0.05, 0) is 12.5 Å². The van der Waals surface area contributed by atoms with Crippen molar-refractivity contribution in [3.8, 4) is 0 Å². The summed E-state index contributed by atoms with van der Waals surface area (Å²) < 4.78 is 0. The first-order chi connectivity index (χ1) is 5.74. The number of hydrogen-bond donors (Lipinski definition) is 0. The maximum atomic E-state index is 10.8. The molecule has 0 saturated carbocycles. The van der Waals surface area contributed by atoms with Crippen molar-refractivity contribution in [2.24, 2.45) is 0 Å². The normalized spacial score (nSPS) is 9.42. The van der Waals surface area contributed by atoms with Crippen molar-refractivity contribution in [1.29, 1.82) is 0 Å². The van der Waals surface area contributed by atoms with Gasteiger partial charge in [0.2, 0.25) is 0 Å². The highest BCUT2D eigenvalue weighted by Crippen LogP contribution is 2.04. The zero-order chi connectivity index (χ0) is 8.97. The zero-order valence-electron chi connectivity index (χ0n) is 6.91. The van der Waals surface area contributed by atoms with Gasteiger partial charge in [0.1, 0.15) is 6.29 Å². The minimum Gasteiger partial charge on any atom is -0.303 e. The van der Waals surface area contributed by atoms with Gasteiger partial charge in [0, 0.05) is 12.0 Å². The van der Waals surface area contributed by atoms with Crippen molar-refractivity contribution >= 4 is 12.1 Å². The Morgan fingerprint density at radius 2 is 1.92 bits per heavy atom. The molecule has 2 heteroatoms. The van der Waals surface area contributed by atoms with Crippen LogP contribution in [0.4, 0.5) is 0 Å². The van der Waals surface area contributed by atoms with Crippen molar-refractivity contribution in [2.45, 2.75) is 13.3 Å². The van der Waals surface area contributed by atoms with Crippen molar-refractivity contribution < 1.29 is 9.59 Å². The summed E-state index contributed by atoms with van der Waals surface area (Å²) in [4.78, 5) is 21.0. The van der Waals surface area contributed by atoms with E-state index in [2.05, 4.69) is 0 Å². The Hall–Kier alpha value is -1.44. The van der Waals surface area contributed by atoms with Gasteiger partial charge < -0.3 is 4.79 Å². The van der Waals surface area contributed by atoms with Gasteiger partial charge in [-0.3, -0.25) is 4.79 Å². The monoisotopic (exact) mass is 162 g/mol. The Morgan fingerprint density at radius 1 is 1.33 bits per heavy atom. The molecule has 2 nitrogen and oxygen atoms in total. The summed E-state index contributed by atoms with van der Waals surface area (Å²) in [6.45, 7) is 1.52. The molecule has 0 spiro atoms. The van der Waals surface area contributed by atoms with Crippen molar-refractivity contribution in [1.82, 2.24) is 0 Å². The van der Waals surface area contributed by atoms with E-state index in [1.54, 1.807) is 24.3 Å². The Kier molecular flexibility index (Phi) is 2.75. The molecular formula is C10H10O2. The number of rotatable bonds is 3. The van der Waals surface area contributed by atoms with Crippen molar-refractivity contribution in [3.63, 3.8) is 0 Å². The topological polar surface area (TPSA) is 34.1 Å². The minimum absolute atomic E-state index is 0.0488. The van der Waals surface area contributed by atoms with Crippen LogP contribution in [0.25, 0.3) is 0 Å². The molecule has 0 bridgehead atoms. The van der Waals surface area contributed by atoms with Crippen LogP contribution in [-0.2, 0) is 11.2 Å². The van der Waals surface area contributed by atoms with Crippen molar-refractivity contribution in [2.75, 3.05) is 0 Å². The molecule has 0 atom stereocenters. The van der Waals surface area contributed by atoms with E-state index in [0.29, 0.717) is 12.0 Å². The van der Waals surface area contributed by atoms with Gasteiger partial charge >= 0.3 is 0 Å². The summed E-state index contributed by atoms with van der Waals surface area (Å²) in [6.07, 6.45) is 1.26. The van der Waals surface area contributed by atoms with Gasteiger partial charge in [0.05, 0.1) is 0 Å². The highest BCUT2D eigenvalue weighted by Gasteiger charge is 1.97. The van der Waals surface area contributed by atoms with Gasteiger partial charge in [0.25, 0.3) is 0 Å². The maximum Gasteiger partial charge on any atom is 0.159 e. The molecule has 0 N–H and O–H groups in total. The number of aldehydes is 1. The largest absolute Gasteiger partial charge is 0.303 e. The second-order valence-corrected chi connectivity index (χ2v) is 2.62. The quantitative estimate of drug-likeness (QED) is 0.500. The number of carbonyl (C=O) groups is 2. The van der Waals surface area contributed by atoms with Crippen molar-refractivity contribution in [3.05, 3.63) is 35.4 Å². The molecule has 0 aliphatic rings. The number of ketones is 1. The Bertz CT molecular complexity index is 285. The molecule has 0 radical (unpaired) electrons. The molecule has 0 saturated heterocycles. The number of benzene rings is 1. The van der Waals surface area contributed by atoms with Crippen LogP contribution >= 0.6 is 0 Å². The maximum absolute atomic E-state index is 10.8. The molecule has 62 valence electrons. The summed E-state index contributed by atoms with van der Waals surface area (Å²) in [6, 6.07) is 7.07. The first kappa shape index (κ1) is 8.65. The molecule has 0 heterocycles. The Morgan fingerprint density at radius 3 is 2.33 bits per heavy atom. The third-order valence-electron chi connectivity index (χ3n) is 1.68. The lowest BCUT2D eigenvalue weighted by molar-refractivity contribution is -0.107. The van der Waals surface area contributed by atoms with Crippen LogP contribution in [0.3, 0.4) is 0 Å². The summed E-state index contributed by atoms with van der Waals surface area (Å²) in [5, 5.41) is 0. The average Bonchev–Trinajstić information content (AvgIpc) is 2.06. The lowest BCUT2D eigenvalue weighted by Gasteiger charge is -1.96. The lowest BCUT2D eigenvalue weighted by atomic mass is 10.1. The standard InChI is InChI=1S/C10H10O2/c1-8(12)10-4-2-9(3-5-10)6-7-11/h2-5,7H,6H2,1H3. The highest BCUT2D eigenvalue weighted by molar-refractivity contribution is 5.94. The van der Waals surface area contributed by atoms with E-state index in [1.807, 2.05) is 0 Å². The molecule has 1 aromatic rings. The first-order valence-electron chi connectivity index (χ1n) is 3.77. The molecular weight excluding hydrogens is 152 g/mol. The van der Waals surface area contributed by atoms with Gasteiger partial charge in [-0.15, -0.1) is 0 Å². The van der Waals surface area contributed by atoms with Crippen LogP contribution in [0.5, 0.6) is 0 Å². The fourth-order valence-electron chi connectivity index (χ4n) is 0.972. The lowest BCUT2D eigenvalue weighted by Crippen LogP contribution is -1.92. The van der Waals surface area contributed by atoms with Crippen LogP contribution in [0.2, 0.25) is 0 Å². The molecule has 0 aliphatic carbocycles. The molecule has 0 amide bonds. The molecule has 0 unspecified atom stereocenters. The van der Waals surface area contributed by atoms with E-state index < -0.39 is 0 Å². The number of carbonyl (C=O) groups excluding carboxylic acids is 2. The third kappa shape index (κ3) is 2.02. The summed E-state index contributed by atoms with van der Waals surface area (Å²) in [7, 11) is 0. The Balaban J connectivity index is 2.85. The summed E-state index contributed by atoms with van der Waals surface area (Å²) in [5.41, 5.74) is 1.62. The van der Waals surface area contributed by atoms with Gasteiger partial charge in [-0.1, -0.05) is 24.3 Å². The average molecular weight is 162 g/mol. The minimum atomic E-state index is 0.0488. The second-order valence-electron chi connectivity index (χ2n) is 2.62. The van der Waals surface area contributed by atoms with E-state index >= 15 is 0 Å². The van der Waals surface area contributed by atoms with E-state index in [9.17, 15) is 9.59 Å². The third-order valence-corrected chi connectivity index (χ3v) is 1.68. The second kappa shape index (κ2) is 3.81. The molecule has 0 aliphatic heterocycles. The zero-order valence-corrected chi connectivity index (χ0v) is 6.91. The molecule has 1 aromatic carbocycles. The molecule has 1 rings (SSSR count). The van der Waals surface area contributed by atoms with E-state index in [1.165, 1.54) is 6.92 Å².